The van der Waals surface area contributed by atoms with Gasteiger partial charge in [0.25, 0.3) is 0 Å². The molecule has 0 aliphatic carbocycles. The van der Waals surface area contributed by atoms with E-state index in [0.717, 1.165) is 0 Å². The van der Waals surface area contributed by atoms with Crippen LogP contribution < -0.4 is 0 Å². The zero-order valence-corrected chi connectivity index (χ0v) is 11.4. The quantitative estimate of drug-likeness (QED) is 0.681. The standard InChI is InChI=1S/C12H22O6/c1-6-8(13)18-9-7(2)17-12(16-5)11(15-4)10(9)14-3/h7,9-12H,6H2,1-5H3/t7-,9-,10+,11-,12?/m1/s1/i6D/t6?,7-,9-,10+,11-,12?. The van der Waals surface area contributed by atoms with Gasteiger partial charge in [-0.1, -0.05) is 6.92 Å². The van der Waals surface area contributed by atoms with E-state index in [1.165, 1.54) is 28.3 Å². The molecule has 0 radical (unpaired) electrons. The first-order valence-electron chi connectivity index (χ1n) is 6.40. The minimum absolute atomic E-state index is 0.413. The Hall–Kier alpha value is -0.690. The fourth-order valence-electron chi connectivity index (χ4n) is 2.04. The number of hydrogen-bond acceptors (Lipinski definition) is 6. The van der Waals surface area contributed by atoms with Crippen molar-refractivity contribution in [3.63, 3.8) is 0 Å². The molecule has 1 aliphatic heterocycles. The van der Waals surface area contributed by atoms with Gasteiger partial charge in [0, 0.05) is 29.1 Å². The highest BCUT2D eigenvalue weighted by molar-refractivity contribution is 5.69. The molecule has 0 aromatic rings. The van der Waals surface area contributed by atoms with Crippen LogP contribution in [0.4, 0.5) is 0 Å². The zero-order valence-electron chi connectivity index (χ0n) is 12.4. The van der Waals surface area contributed by atoms with Crippen LogP contribution >= 0.6 is 0 Å². The van der Waals surface area contributed by atoms with Gasteiger partial charge in [0.2, 0.25) is 0 Å². The maximum absolute atomic E-state index is 11.6. The van der Waals surface area contributed by atoms with E-state index >= 15 is 0 Å². The Balaban J connectivity index is 2.86. The molecule has 1 heterocycles. The van der Waals surface area contributed by atoms with E-state index in [1.54, 1.807) is 6.92 Å². The SMILES string of the molecule is [2H]C(C)C(=O)O[C@H]1[C@H](OC)[C@@H](OC)C(OC)O[C@@H]1C. The summed E-state index contributed by atoms with van der Waals surface area (Å²) in [5, 5.41) is 0. The number of esters is 1. The van der Waals surface area contributed by atoms with E-state index in [9.17, 15) is 4.79 Å². The summed E-state index contributed by atoms with van der Waals surface area (Å²) in [5.41, 5.74) is 0. The minimum atomic E-state index is -0.953. The summed E-state index contributed by atoms with van der Waals surface area (Å²) < 4.78 is 34.1. The number of hydrogen-bond donors (Lipinski definition) is 0. The Morgan fingerprint density at radius 3 is 2.22 bits per heavy atom. The summed E-state index contributed by atoms with van der Waals surface area (Å²) in [6.45, 7) is 3.21. The smallest absolute Gasteiger partial charge is 0.305 e. The van der Waals surface area contributed by atoms with Crippen LogP contribution in [0.5, 0.6) is 0 Å². The second-order valence-corrected chi connectivity index (χ2v) is 4.04. The molecule has 6 heteroatoms. The van der Waals surface area contributed by atoms with Crippen molar-refractivity contribution in [2.24, 2.45) is 0 Å². The van der Waals surface area contributed by atoms with Gasteiger partial charge in [0.1, 0.15) is 12.2 Å². The third kappa shape index (κ3) is 3.20. The Morgan fingerprint density at radius 1 is 1.17 bits per heavy atom. The lowest BCUT2D eigenvalue weighted by Crippen LogP contribution is -2.59. The maximum Gasteiger partial charge on any atom is 0.305 e. The summed E-state index contributed by atoms with van der Waals surface area (Å²) >= 11 is 0. The van der Waals surface area contributed by atoms with Gasteiger partial charge in [-0.05, 0) is 6.92 Å². The number of rotatable bonds is 5. The first-order valence-corrected chi connectivity index (χ1v) is 5.82. The first kappa shape index (κ1) is 13.7. The lowest BCUT2D eigenvalue weighted by atomic mass is 9.99. The Labute approximate surface area is 109 Å². The second-order valence-electron chi connectivity index (χ2n) is 4.04. The number of carbonyl (C=O) groups is 1. The van der Waals surface area contributed by atoms with Crippen molar-refractivity contribution in [3.05, 3.63) is 0 Å². The molecule has 2 unspecified atom stereocenters. The van der Waals surface area contributed by atoms with Crippen molar-refractivity contribution in [1.29, 1.82) is 0 Å². The summed E-state index contributed by atoms with van der Waals surface area (Å²) in [4.78, 5) is 11.6. The third-order valence-corrected chi connectivity index (χ3v) is 2.99. The summed E-state index contributed by atoms with van der Waals surface area (Å²) in [5.74, 6) is -0.617. The van der Waals surface area contributed by atoms with Gasteiger partial charge in [-0.3, -0.25) is 4.79 Å². The predicted molar refractivity (Wildman–Crippen MR) is 63.1 cm³/mol. The van der Waals surface area contributed by atoms with Gasteiger partial charge in [-0.15, -0.1) is 0 Å². The zero-order chi connectivity index (χ0) is 14.6. The third-order valence-electron chi connectivity index (χ3n) is 2.99. The van der Waals surface area contributed by atoms with Crippen molar-refractivity contribution >= 4 is 5.97 Å². The second kappa shape index (κ2) is 7.04. The van der Waals surface area contributed by atoms with Crippen molar-refractivity contribution < 1.29 is 29.8 Å². The van der Waals surface area contributed by atoms with Gasteiger partial charge in [-0.2, -0.15) is 0 Å². The molecular weight excluding hydrogens is 240 g/mol. The average Bonchev–Trinajstić information content (AvgIpc) is 2.39. The summed E-state index contributed by atoms with van der Waals surface area (Å²) in [6.07, 6.45) is -3.61. The molecule has 0 aromatic heterocycles. The van der Waals surface area contributed by atoms with Gasteiger partial charge in [0.05, 0.1) is 6.10 Å². The van der Waals surface area contributed by atoms with Crippen LogP contribution in [0.15, 0.2) is 0 Å². The van der Waals surface area contributed by atoms with Crippen molar-refractivity contribution in [2.45, 2.75) is 51.0 Å². The molecule has 1 aliphatic rings. The van der Waals surface area contributed by atoms with Crippen LogP contribution in [-0.4, -0.2) is 58.0 Å². The Morgan fingerprint density at radius 2 is 1.78 bits per heavy atom. The largest absolute Gasteiger partial charge is 0.457 e. The maximum atomic E-state index is 11.6. The van der Waals surface area contributed by atoms with Crippen LogP contribution in [0.2, 0.25) is 0 Å². The summed E-state index contributed by atoms with van der Waals surface area (Å²) in [6, 6.07) is 0. The fraction of sp³-hybridized carbons (Fsp3) is 0.917. The van der Waals surface area contributed by atoms with E-state index in [1.807, 2.05) is 0 Å². The molecule has 6 atom stereocenters. The predicted octanol–water partition coefficient (Wildman–Crippen LogP) is 0.729. The molecule has 0 saturated carbocycles. The monoisotopic (exact) mass is 263 g/mol. The lowest BCUT2D eigenvalue weighted by molar-refractivity contribution is -0.297. The number of carbonyl (C=O) groups excluding carboxylic acids is 1. The van der Waals surface area contributed by atoms with Gasteiger partial charge in [-0.25, -0.2) is 0 Å². The molecule has 106 valence electrons. The first-order chi connectivity index (χ1) is 8.96. The molecule has 0 amide bonds. The molecule has 1 rings (SSSR count). The van der Waals surface area contributed by atoms with E-state index in [-0.39, 0.29) is 0 Å². The van der Waals surface area contributed by atoms with Gasteiger partial charge in [0.15, 0.2) is 12.4 Å². The fourth-order valence-corrected chi connectivity index (χ4v) is 2.04. The number of methoxy groups -OCH3 is 3. The van der Waals surface area contributed by atoms with Crippen LogP contribution in [0, 0.1) is 0 Å². The summed E-state index contributed by atoms with van der Waals surface area (Å²) in [7, 11) is 4.52. The molecule has 1 fully saturated rings. The van der Waals surface area contributed by atoms with Crippen LogP contribution in [0.1, 0.15) is 21.6 Å². The van der Waals surface area contributed by atoms with E-state index in [2.05, 4.69) is 0 Å². The van der Waals surface area contributed by atoms with E-state index < -0.39 is 43.1 Å². The van der Waals surface area contributed by atoms with Crippen molar-refractivity contribution in [3.8, 4) is 0 Å². The molecule has 0 spiro atoms. The van der Waals surface area contributed by atoms with E-state index in [0.29, 0.717) is 0 Å². The molecule has 18 heavy (non-hydrogen) atoms. The van der Waals surface area contributed by atoms with Crippen molar-refractivity contribution in [1.82, 2.24) is 0 Å². The molecule has 0 aromatic carbocycles. The highest BCUT2D eigenvalue weighted by Gasteiger charge is 2.47. The van der Waals surface area contributed by atoms with Crippen LogP contribution in [0.25, 0.3) is 0 Å². The van der Waals surface area contributed by atoms with Crippen LogP contribution in [-0.2, 0) is 28.5 Å². The average molecular weight is 263 g/mol. The molecule has 6 nitrogen and oxygen atoms in total. The minimum Gasteiger partial charge on any atom is -0.457 e. The topological polar surface area (TPSA) is 63.2 Å². The molecular formula is C12H22O6. The Kier molecular flexibility index (Phi) is 5.37. The normalized spacial score (nSPS) is 38.9. The van der Waals surface area contributed by atoms with Crippen molar-refractivity contribution in [2.75, 3.05) is 21.3 Å². The highest BCUT2D eigenvalue weighted by Crippen LogP contribution is 2.27. The highest BCUT2D eigenvalue weighted by atomic mass is 16.7. The van der Waals surface area contributed by atoms with Gasteiger partial charge < -0.3 is 23.7 Å². The number of ether oxygens (including phenoxy) is 5. The van der Waals surface area contributed by atoms with Crippen LogP contribution in [0.3, 0.4) is 0 Å². The lowest BCUT2D eigenvalue weighted by Gasteiger charge is -2.43. The van der Waals surface area contributed by atoms with E-state index in [4.69, 9.17) is 25.1 Å². The molecule has 0 N–H and O–H groups in total. The van der Waals surface area contributed by atoms with Gasteiger partial charge >= 0.3 is 5.97 Å². The molecule has 1 saturated heterocycles. The Bertz CT molecular complexity index is 298. The molecule has 0 bridgehead atoms.